The second-order valence-corrected chi connectivity index (χ2v) is 6.96. The van der Waals surface area contributed by atoms with E-state index in [-0.39, 0.29) is 12.5 Å². The van der Waals surface area contributed by atoms with E-state index in [1.165, 1.54) is 10.5 Å². The van der Waals surface area contributed by atoms with Gasteiger partial charge in [-0.25, -0.2) is 0 Å². The number of benzene rings is 2. The third kappa shape index (κ3) is 6.12. The molecule has 0 spiro atoms. The number of rotatable bonds is 7. The van der Waals surface area contributed by atoms with Crippen LogP contribution >= 0.6 is 27.7 Å². The Bertz CT molecular complexity index is 599. The van der Waals surface area contributed by atoms with Crippen molar-refractivity contribution in [3.05, 3.63) is 58.6 Å². The van der Waals surface area contributed by atoms with Crippen molar-refractivity contribution < 1.29 is 4.79 Å². The fourth-order valence-corrected chi connectivity index (χ4v) is 2.84. The lowest BCUT2D eigenvalue weighted by atomic mass is 10.2. The van der Waals surface area contributed by atoms with E-state index in [0.29, 0.717) is 6.54 Å². The van der Waals surface area contributed by atoms with E-state index in [4.69, 9.17) is 0 Å². The molecule has 0 bridgehead atoms. The van der Waals surface area contributed by atoms with Crippen molar-refractivity contribution in [2.75, 3.05) is 24.2 Å². The number of carbonyl (C=O) groups is 1. The van der Waals surface area contributed by atoms with Crippen LogP contribution in [0.1, 0.15) is 5.56 Å². The Kier molecular flexibility index (Phi) is 6.80. The van der Waals surface area contributed by atoms with Gasteiger partial charge in [0, 0.05) is 27.4 Å². The quantitative estimate of drug-likeness (QED) is 0.563. The summed E-state index contributed by atoms with van der Waals surface area (Å²) in [5, 5.41) is 6.01. The molecule has 0 atom stereocenters. The van der Waals surface area contributed by atoms with Crippen LogP contribution in [-0.2, 0) is 4.79 Å². The van der Waals surface area contributed by atoms with Gasteiger partial charge in [0.2, 0.25) is 5.91 Å². The maximum absolute atomic E-state index is 11.7. The molecule has 0 aliphatic rings. The molecule has 0 saturated carbocycles. The molecule has 0 aliphatic carbocycles. The molecule has 2 aromatic carbocycles. The second-order valence-electron chi connectivity index (χ2n) is 4.87. The zero-order valence-electron chi connectivity index (χ0n) is 12.4. The highest BCUT2D eigenvalue weighted by Gasteiger charge is 2.01. The molecule has 3 nitrogen and oxygen atoms in total. The lowest BCUT2D eigenvalue weighted by molar-refractivity contribution is -0.119. The number of hydrogen-bond donors (Lipinski definition) is 2. The second kappa shape index (κ2) is 8.86. The molecule has 0 aliphatic heterocycles. The van der Waals surface area contributed by atoms with Crippen LogP contribution in [0.3, 0.4) is 0 Å². The smallest absolute Gasteiger partial charge is 0.239 e. The van der Waals surface area contributed by atoms with Crippen molar-refractivity contribution in [2.45, 2.75) is 11.8 Å². The largest absolute Gasteiger partial charge is 0.376 e. The fraction of sp³-hybridized carbons (Fsp3) is 0.235. The van der Waals surface area contributed by atoms with Crippen LogP contribution < -0.4 is 10.6 Å². The zero-order valence-corrected chi connectivity index (χ0v) is 14.8. The van der Waals surface area contributed by atoms with Gasteiger partial charge in [-0.05, 0) is 43.3 Å². The van der Waals surface area contributed by atoms with Crippen LogP contribution in [0.5, 0.6) is 0 Å². The first-order valence-corrected chi connectivity index (χ1v) is 8.87. The third-order valence-corrected chi connectivity index (χ3v) is 4.55. The number of carbonyl (C=O) groups excluding carboxylic acids is 1. The number of thioether (sulfide) groups is 1. The average molecular weight is 379 g/mol. The Balaban J connectivity index is 1.61. The third-order valence-electron chi connectivity index (χ3n) is 3.01. The number of hydrogen-bond acceptors (Lipinski definition) is 3. The summed E-state index contributed by atoms with van der Waals surface area (Å²) < 4.78 is 1.02. The first-order valence-electron chi connectivity index (χ1n) is 7.09. The van der Waals surface area contributed by atoms with E-state index in [0.717, 1.165) is 15.9 Å². The van der Waals surface area contributed by atoms with Crippen LogP contribution in [0.15, 0.2) is 57.9 Å². The first-order chi connectivity index (χ1) is 10.6. The van der Waals surface area contributed by atoms with Crippen molar-refractivity contribution >= 4 is 39.3 Å². The molecule has 0 fully saturated rings. The number of halogens is 1. The Morgan fingerprint density at radius 3 is 2.45 bits per heavy atom. The van der Waals surface area contributed by atoms with E-state index in [1.54, 1.807) is 11.8 Å². The van der Waals surface area contributed by atoms with Crippen LogP contribution in [-0.4, -0.2) is 24.7 Å². The first kappa shape index (κ1) is 16.9. The molecule has 0 heterocycles. The van der Waals surface area contributed by atoms with Gasteiger partial charge in [-0.15, -0.1) is 11.8 Å². The highest BCUT2D eigenvalue weighted by molar-refractivity contribution is 9.10. The van der Waals surface area contributed by atoms with Gasteiger partial charge in [0.05, 0.1) is 6.54 Å². The van der Waals surface area contributed by atoms with Crippen molar-refractivity contribution in [3.63, 3.8) is 0 Å². The van der Waals surface area contributed by atoms with Gasteiger partial charge in [-0.3, -0.25) is 4.79 Å². The minimum Gasteiger partial charge on any atom is -0.376 e. The van der Waals surface area contributed by atoms with Crippen LogP contribution in [0.2, 0.25) is 0 Å². The van der Waals surface area contributed by atoms with Crippen LogP contribution in [0, 0.1) is 6.92 Å². The Morgan fingerprint density at radius 1 is 1.09 bits per heavy atom. The standard InChI is InChI=1S/C17H19BrN2OS/c1-13-2-8-16(9-3-13)22-11-10-19-17(21)12-20-15-6-4-14(18)5-7-15/h2-9,20H,10-12H2,1H3,(H,19,21). The van der Waals surface area contributed by atoms with E-state index < -0.39 is 0 Å². The SMILES string of the molecule is Cc1ccc(SCCNC(=O)CNc2ccc(Br)cc2)cc1. The van der Waals surface area contributed by atoms with Crippen molar-refractivity contribution in [3.8, 4) is 0 Å². The van der Waals surface area contributed by atoms with Gasteiger partial charge in [0.1, 0.15) is 0 Å². The zero-order chi connectivity index (χ0) is 15.8. The molecule has 2 rings (SSSR count). The molecule has 116 valence electrons. The molecule has 0 radical (unpaired) electrons. The Hall–Kier alpha value is -1.46. The van der Waals surface area contributed by atoms with Crippen LogP contribution in [0.25, 0.3) is 0 Å². The Labute approximate surface area is 144 Å². The van der Waals surface area contributed by atoms with Crippen molar-refractivity contribution in [1.82, 2.24) is 5.32 Å². The van der Waals surface area contributed by atoms with Gasteiger partial charge >= 0.3 is 0 Å². The molecule has 5 heteroatoms. The minimum atomic E-state index is 0.00687. The molecular formula is C17H19BrN2OS. The van der Waals surface area contributed by atoms with E-state index in [9.17, 15) is 4.79 Å². The normalized spacial score (nSPS) is 10.3. The summed E-state index contributed by atoms with van der Waals surface area (Å²) in [6.45, 7) is 3.03. The van der Waals surface area contributed by atoms with Gasteiger partial charge < -0.3 is 10.6 Å². The molecule has 0 saturated heterocycles. The minimum absolute atomic E-state index is 0.00687. The molecule has 0 unspecified atom stereocenters. The highest BCUT2D eigenvalue weighted by Crippen LogP contribution is 2.17. The summed E-state index contributed by atoms with van der Waals surface area (Å²) in [5.41, 5.74) is 2.20. The maximum Gasteiger partial charge on any atom is 0.239 e. The van der Waals surface area contributed by atoms with E-state index in [2.05, 4.69) is 57.8 Å². The lowest BCUT2D eigenvalue weighted by Gasteiger charge is -2.08. The monoisotopic (exact) mass is 378 g/mol. The Morgan fingerprint density at radius 2 is 1.77 bits per heavy atom. The summed E-state index contributed by atoms with van der Waals surface area (Å²) in [7, 11) is 0. The van der Waals surface area contributed by atoms with Gasteiger partial charge in [-0.1, -0.05) is 33.6 Å². The molecular weight excluding hydrogens is 360 g/mol. The topological polar surface area (TPSA) is 41.1 Å². The number of anilines is 1. The molecule has 1 amide bonds. The predicted octanol–water partition coefficient (Wildman–Crippen LogP) is 4.08. The predicted molar refractivity (Wildman–Crippen MR) is 97.5 cm³/mol. The molecule has 22 heavy (non-hydrogen) atoms. The summed E-state index contributed by atoms with van der Waals surface area (Å²) in [5.74, 6) is 0.875. The van der Waals surface area contributed by atoms with E-state index >= 15 is 0 Å². The number of amides is 1. The summed E-state index contributed by atoms with van der Waals surface area (Å²) in [6, 6.07) is 16.2. The van der Waals surface area contributed by atoms with Gasteiger partial charge in [-0.2, -0.15) is 0 Å². The van der Waals surface area contributed by atoms with Crippen molar-refractivity contribution in [1.29, 1.82) is 0 Å². The summed E-state index contributed by atoms with van der Waals surface area (Å²) in [4.78, 5) is 13.0. The average Bonchev–Trinajstić information content (AvgIpc) is 2.53. The van der Waals surface area contributed by atoms with Gasteiger partial charge in [0.15, 0.2) is 0 Å². The maximum atomic E-state index is 11.7. The molecule has 0 aromatic heterocycles. The summed E-state index contributed by atoms with van der Waals surface area (Å²) >= 11 is 5.13. The fourth-order valence-electron chi connectivity index (χ4n) is 1.81. The molecule has 2 aromatic rings. The highest BCUT2D eigenvalue weighted by atomic mass is 79.9. The summed E-state index contributed by atoms with van der Waals surface area (Å²) in [6.07, 6.45) is 0. The van der Waals surface area contributed by atoms with Gasteiger partial charge in [0.25, 0.3) is 0 Å². The molecule has 2 N–H and O–H groups in total. The van der Waals surface area contributed by atoms with Crippen LogP contribution in [0.4, 0.5) is 5.69 Å². The lowest BCUT2D eigenvalue weighted by Crippen LogP contribution is -2.31. The van der Waals surface area contributed by atoms with E-state index in [1.807, 2.05) is 24.3 Å². The number of nitrogens with one attached hydrogen (secondary N) is 2. The number of aryl methyl sites for hydroxylation is 1. The van der Waals surface area contributed by atoms with Crippen molar-refractivity contribution in [2.24, 2.45) is 0 Å².